The zero-order valence-electron chi connectivity index (χ0n) is 14.0. The van der Waals surface area contributed by atoms with Gasteiger partial charge in [-0.1, -0.05) is 6.92 Å². The van der Waals surface area contributed by atoms with Gasteiger partial charge in [0.05, 0.1) is 17.4 Å². The smallest absolute Gasteiger partial charge is 0.255 e. The van der Waals surface area contributed by atoms with Gasteiger partial charge in [0.2, 0.25) is 0 Å². The van der Waals surface area contributed by atoms with E-state index in [-0.39, 0.29) is 12.0 Å². The fourth-order valence-electron chi connectivity index (χ4n) is 3.13. The van der Waals surface area contributed by atoms with Crippen LogP contribution in [0.5, 0.6) is 0 Å². The summed E-state index contributed by atoms with van der Waals surface area (Å²) in [5.41, 5.74) is 2.43. The fourth-order valence-corrected chi connectivity index (χ4v) is 3.13. The lowest BCUT2D eigenvalue weighted by molar-refractivity contribution is 0.0309. The number of rotatable bonds is 4. The normalized spacial score (nSPS) is 21.0. The highest BCUT2D eigenvalue weighted by molar-refractivity contribution is 5.95. The molecule has 0 aromatic carbocycles. The minimum atomic E-state index is -0.333. The Bertz CT molecular complexity index is 531. The lowest BCUT2D eigenvalue weighted by atomic mass is 10.1. The van der Waals surface area contributed by atoms with Crippen molar-refractivity contribution in [2.75, 3.05) is 26.2 Å². The number of hydrogen-bond acceptors (Lipinski definition) is 4. The lowest BCUT2D eigenvalue weighted by Crippen LogP contribution is -2.55. The van der Waals surface area contributed by atoms with Gasteiger partial charge in [0.25, 0.3) is 5.91 Å². The number of carbonyl (C=O) groups excluding carboxylic acids is 1. The van der Waals surface area contributed by atoms with Gasteiger partial charge >= 0.3 is 0 Å². The molecule has 0 unspecified atom stereocenters. The van der Waals surface area contributed by atoms with E-state index in [0.717, 1.165) is 30.9 Å². The second-order valence-electron chi connectivity index (χ2n) is 6.24. The number of pyridine rings is 1. The number of aliphatic hydroxyl groups is 1. The Kier molecular flexibility index (Phi) is 5.53. The van der Waals surface area contributed by atoms with Gasteiger partial charge in [0.1, 0.15) is 0 Å². The highest BCUT2D eigenvalue weighted by Crippen LogP contribution is 2.17. The molecule has 1 aliphatic rings. The molecule has 1 amide bonds. The second kappa shape index (κ2) is 7.20. The zero-order chi connectivity index (χ0) is 16.3. The molecule has 1 aromatic heterocycles. The maximum Gasteiger partial charge on any atom is 0.255 e. The number of hydrogen-bond donors (Lipinski definition) is 1. The molecule has 1 fully saturated rings. The Labute approximate surface area is 132 Å². The number of piperazine rings is 1. The van der Waals surface area contributed by atoms with E-state index in [4.69, 9.17) is 0 Å². The first-order valence-corrected chi connectivity index (χ1v) is 8.08. The quantitative estimate of drug-likeness (QED) is 0.918. The van der Waals surface area contributed by atoms with Crippen LogP contribution in [0.15, 0.2) is 12.1 Å². The van der Waals surface area contributed by atoms with Gasteiger partial charge in [0.15, 0.2) is 0 Å². The van der Waals surface area contributed by atoms with Crippen molar-refractivity contribution < 1.29 is 9.90 Å². The van der Waals surface area contributed by atoms with E-state index in [0.29, 0.717) is 24.7 Å². The van der Waals surface area contributed by atoms with Gasteiger partial charge in [-0.15, -0.1) is 0 Å². The number of aryl methyl sites for hydroxylation is 2. The molecule has 5 nitrogen and oxygen atoms in total. The number of carbonyl (C=O) groups is 1. The molecule has 22 heavy (non-hydrogen) atoms. The predicted molar refractivity (Wildman–Crippen MR) is 86.9 cm³/mol. The van der Waals surface area contributed by atoms with Gasteiger partial charge in [0, 0.05) is 37.9 Å². The van der Waals surface area contributed by atoms with Gasteiger partial charge < -0.3 is 10.0 Å². The van der Waals surface area contributed by atoms with Crippen LogP contribution < -0.4 is 0 Å². The van der Waals surface area contributed by atoms with Crippen LogP contribution in [0.1, 0.15) is 42.0 Å². The first-order valence-electron chi connectivity index (χ1n) is 8.08. The van der Waals surface area contributed by atoms with Crippen molar-refractivity contribution in [3.8, 4) is 0 Å². The molecule has 0 aliphatic carbocycles. The van der Waals surface area contributed by atoms with E-state index >= 15 is 0 Å². The van der Waals surface area contributed by atoms with Crippen molar-refractivity contribution in [2.24, 2.45) is 0 Å². The van der Waals surface area contributed by atoms with Gasteiger partial charge in [-0.3, -0.25) is 14.7 Å². The van der Waals surface area contributed by atoms with Gasteiger partial charge in [-0.25, -0.2) is 0 Å². The molecule has 0 radical (unpaired) electrons. The number of aromatic nitrogens is 1. The van der Waals surface area contributed by atoms with Crippen LogP contribution in [-0.4, -0.2) is 64.1 Å². The predicted octanol–water partition coefficient (Wildman–Crippen LogP) is 1.62. The third-order valence-electron chi connectivity index (χ3n) is 4.32. The van der Waals surface area contributed by atoms with Crippen molar-refractivity contribution >= 4 is 5.91 Å². The largest absolute Gasteiger partial charge is 0.392 e. The Hall–Kier alpha value is -1.46. The molecule has 0 spiro atoms. The summed E-state index contributed by atoms with van der Waals surface area (Å²) in [5.74, 6) is 0.0696. The Balaban J connectivity index is 2.09. The van der Waals surface area contributed by atoms with Crippen molar-refractivity contribution in [3.05, 3.63) is 29.1 Å². The van der Waals surface area contributed by atoms with Crippen LogP contribution >= 0.6 is 0 Å². The molecule has 2 rings (SSSR count). The summed E-state index contributed by atoms with van der Waals surface area (Å²) >= 11 is 0. The molecule has 1 saturated heterocycles. The van der Waals surface area contributed by atoms with E-state index < -0.39 is 0 Å². The standard InChI is InChI=1S/C17H27N3O2/c1-5-15-11-20(9-8-19(15)10-13(3)21)17(22)16-7-6-12(2)18-14(16)4/h6-7,13,15,21H,5,8-11H2,1-4H3/t13-,15+/m1/s1. The van der Waals surface area contributed by atoms with E-state index in [2.05, 4.69) is 16.8 Å². The lowest BCUT2D eigenvalue weighted by Gasteiger charge is -2.41. The topological polar surface area (TPSA) is 56.7 Å². The molecule has 2 heterocycles. The Morgan fingerprint density at radius 3 is 2.73 bits per heavy atom. The SMILES string of the molecule is CC[C@H]1CN(C(=O)c2ccc(C)nc2C)CCN1C[C@@H](C)O. The summed E-state index contributed by atoms with van der Waals surface area (Å²) in [6.45, 7) is 10.7. The van der Waals surface area contributed by atoms with E-state index in [9.17, 15) is 9.90 Å². The van der Waals surface area contributed by atoms with Crippen molar-refractivity contribution in [1.82, 2.24) is 14.8 Å². The molecule has 1 aliphatic heterocycles. The van der Waals surface area contributed by atoms with Gasteiger partial charge in [-0.2, -0.15) is 0 Å². The number of aliphatic hydroxyl groups excluding tert-OH is 1. The highest BCUT2D eigenvalue weighted by Gasteiger charge is 2.30. The van der Waals surface area contributed by atoms with E-state index in [1.54, 1.807) is 0 Å². The molecule has 0 saturated carbocycles. The number of amides is 1. The van der Waals surface area contributed by atoms with E-state index in [1.165, 1.54) is 0 Å². The summed E-state index contributed by atoms with van der Waals surface area (Å²) < 4.78 is 0. The maximum atomic E-state index is 12.7. The minimum Gasteiger partial charge on any atom is -0.392 e. The Morgan fingerprint density at radius 2 is 2.14 bits per heavy atom. The maximum absolute atomic E-state index is 12.7. The van der Waals surface area contributed by atoms with E-state index in [1.807, 2.05) is 37.8 Å². The number of nitrogens with zero attached hydrogens (tertiary/aromatic N) is 3. The Morgan fingerprint density at radius 1 is 1.41 bits per heavy atom. The van der Waals surface area contributed by atoms with Crippen LogP contribution in [-0.2, 0) is 0 Å². The average molecular weight is 305 g/mol. The molecule has 0 bridgehead atoms. The first-order chi connectivity index (χ1) is 10.4. The highest BCUT2D eigenvalue weighted by atomic mass is 16.3. The summed E-state index contributed by atoms with van der Waals surface area (Å²) in [6, 6.07) is 4.08. The monoisotopic (exact) mass is 305 g/mol. The molecule has 5 heteroatoms. The van der Waals surface area contributed by atoms with Crippen LogP contribution in [0.25, 0.3) is 0 Å². The average Bonchev–Trinajstić information content (AvgIpc) is 2.46. The van der Waals surface area contributed by atoms with Crippen molar-refractivity contribution in [1.29, 1.82) is 0 Å². The third-order valence-corrected chi connectivity index (χ3v) is 4.32. The molecule has 1 aromatic rings. The summed E-state index contributed by atoms with van der Waals surface area (Å²) in [6.07, 6.45) is 0.640. The molecule has 1 N–H and O–H groups in total. The van der Waals surface area contributed by atoms with Crippen LogP contribution in [0.3, 0.4) is 0 Å². The summed E-state index contributed by atoms with van der Waals surface area (Å²) in [4.78, 5) is 21.3. The molecule has 2 atom stereocenters. The molecular weight excluding hydrogens is 278 g/mol. The number of β-amino-alcohol motifs (C(OH)–C–C–N with tert-alkyl or cyclic N) is 1. The van der Waals surface area contributed by atoms with Crippen LogP contribution in [0.2, 0.25) is 0 Å². The second-order valence-corrected chi connectivity index (χ2v) is 6.24. The molecular formula is C17H27N3O2. The summed E-state index contributed by atoms with van der Waals surface area (Å²) in [7, 11) is 0. The first kappa shape index (κ1) is 16.9. The molecule has 122 valence electrons. The van der Waals surface area contributed by atoms with Crippen LogP contribution in [0.4, 0.5) is 0 Å². The fraction of sp³-hybridized carbons (Fsp3) is 0.647. The summed E-state index contributed by atoms with van der Waals surface area (Å²) in [5, 5.41) is 9.60. The van der Waals surface area contributed by atoms with Gasteiger partial charge in [-0.05, 0) is 39.3 Å². The minimum absolute atomic E-state index is 0.0696. The zero-order valence-corrected chi connectivity index (χ0v) is 14.0. The van der Waals surface area contributed by atoms with Crippen molar-refractivity contribution in [2.45, 2.75) is 46.3 Å². The van der Waals surface area contributed by atoms with Crippen LogP contribution in [0, 0.1) is 13.8 Å². The third kappa shape index (κ3) is 3.84. The van der Waals surface area contributed by atoms with Crippen molar-refractivity contribution in [3.63, 3.8) is 0 Å².